The Balaban J connectivity index is 1.38. The molecule has 1 unspecified atom stereocenters. The van der Waals surface area contributed by atoms with Gasteiger partial charge in [0, 0.05) is 30.9 Å². The van der Waals surface area contributed by atoms with Crippen molar-refractivity contribution in [3.8, 4) is 11.5 Å². The van der Waals surface area contributed by atoms with Crippen molar-refractivity contribution in [2.45, 2.75) is 45.7 Å². The summed E-state index contributed by atoms with van der Waals surface area (Å²) in [5.74, 6) is 3.02. The largest absolute Gasteiger partial charge is 0.454 e. The van der Waals surface area contributed by atoms with Gasteiger partial charge in [-0.2, -0.15) is 4.98 Å². The second-order valence-electron chi connectivity index (χ2n) is 7.22. The highest BCUT2D eigenvalue weighted by Gasteiger charge is 2.20. The van der Waals surface area contributed by atoms with Crippen LogP contribution >= 0.6 is 12.2 Å². The molecule has 28 heavy (non-hydrogen) atoms. The molecule has 1 atom stereocenters. The third-order valence-electron chi connectivity index (χ3n) is 5.05. The van der Waals surface area contributed by atoms with Crippen LogP contribution in [0.5, 0.6) is 11.5 Å². The lowest BCUT2D eigenvalue weighted by atomic mass is 10.0. The summed E-state index contributed by atoms with van der Waals surface area (Å²) in [4.78, 5) is 11.5. The third-order valence-corrected chi connectivity index (χ3v) is 5.30. The van der Waals surface area contributed by atoms with Crippen molar-refractivity contribution in [2.75, 3.05) is 23.6 Å². The van der Waals surface area contributed by atoms with Gasteiger partial charge >= 0.3 is 0 Å². The molecule has 4 rings (SSSR count). The molecular formula is C20H25N5O2S. The molecule has 0 radical (unpaired) electrons. The van der Waals surface area contributed by atoms with E-state index in [9.17, 15) is 0 Å². The van der Waals surface area contributed by atoms with Gasteiger partial charge in [0.1, 0.15) is 5.82 Å². The minimum atomic E-state index is 0.273. The molecule has 0 spiro atoms. The van der Waals surface area contributed by atoms with Crippen molar-refractivity contribution in [3.63, 3.8) is 0 Å². The third kappa shape index (κ3) is 4.27. The maximum Gasteiger partial charge on any atom is 0.231 e. The van der Waals surface area contributed by atoms with Crippen LogP contribution in [-0.2, 0) is 6.54 Å². The Kier molecular flexibility index (Phi) is 5.47. The van der Waals surface area contributed by atoms with Crippen molar-refractivity contribution < 1.29 is 9.47 Å². The molecule has 0 aliphatic carbocycles. The number of aryl methyl sites for hydroxylation is 1. The van der Waals surface area contributed by atoms with E-state index >= 15 is 0 Å². The molecule has 3 heterocycles. The summed E-state index contributed by atoms with van der Waals surface area (Å²) in [5, 5.41) is 6.80. The van der Waals surface area contributed by atoms with Crippen LogP contribution in [0.15, 0.2) is 24.3 Å². The summed E-state index contributed by atoms with van der Waals surface area (Å²) in [6.07, 6.45) is 3.67. The number of aromatic nitrogens is 2. The Hall–Kier alpha value is -2.61. The van der Waals surface area contributed by atoms with Crippen molar-refractivity contribution in [1.82, 2.24) is 15.3 Å². The number of thiocarbonyl (C=S) groups is 1. The first-order chi connectivity index (χ1) is 13.6. The molecule has 2 aromatic rings. The van der Waals surface area contributed by atoms with E-state index in [1.165, 1.54) is 19.3 Å². The average molecular weight is 400 g/mol. The summed E-state index contributed by atoms with van der Waals surface area (Å²) in [7, 11) is 0. The van der Waals surface area contributed by atoms with Gasteiger partial charge < -0.3 is 25.0 Å². The Bertz CT molecular complexity index is 876. The molecule has 7 nitrogen and oxygen atoms in total. The van der Waals surface area contributed by atoms with Crippen molar-refractivity contribution in [2.24, 2.45) is 0 Å². The van der Waals surface area contributed by atoms with Gasteiger partial charge in [0.05, 0.1) is 0 Å². The first-order valence-electron chi connectivity index (χ1n) is 9.64. The number of benzene rings is 1. The zero-order chi connectivity index (χ0) is 19.5. The molecule has 0 amide bonds. The monoisotopic (exact) mass is 399 g/mol. The fourth-order valence-corrected chi connectivity index (χ4v) is 3.74. The Morgan fingerprint density at radius 2 is 2.07 bits per heavy atom. The zero-order valence-corrected chi connectivity index (χ0v) is 17.0. The molecule has 148 valence electrons. The smallest absolute Gasteiger partial charge is 0.231 e. The minimum absolute atomic E-state index is 0.273. The highest BCUT2D eigenvalue weighted by Crippen LogP contribution is 2.32. The van der Waals surface area contributed by atoms with E-state index in [4.69, 9.17) is 21.7 Å². The predicted octanol–water partition coefficient (Wildman–Crippen LogP) is 3.38. The molecule has 0 saturated carbocycles. The van der Waals surface area contributed by atoms with E-state index < -0.39 is 0 Å². The van der Waals surface area contributed by atoms with Crippen LogP contribution in [0.4, 0.5) is 11.8 Å². The standard InChI is InChI=1S/C20H25N5O2S/c1-13-9-18(25-8-4-3-5-14(25)2)23-19(22-13)24-20(28)21-11-15-6-7-16-17(10-15)27-12-26-16/h6-7,9-10,14H,3-5,8,11-12H2,1-2H3,(H2,21,22,23,24,28). The van der Waals surface area contributed by atoms with E-state index in [0.29, 0.717) is 23.6 Å². The topological polar surface area (TPSA) is 71.5 Å². The molecule has 0 bridgehead atoms. The van der Waals surface area contributed by atoms with Crippen molar-refractivity contribution >= 4 is 29.1 Å². The van der Waals surface area contributed by atoms with E-state index in [1.54, 1.807) is 0 Å². The van der Waals surface area contributed by atoms with Gasteiger partial charge in [0.25, 0.3) is 0 Å². The Morgan fingerprint density at radius 1 is 1.21 bits per heavy atom. The van der Waals surface area contributed by atoms with Crippen molar-refractivity contribution in [3.05, 3.63) is 35.5 Å². The number of rotatable bonds is 4. The lowest BCUT2D eigenvalue weighted by Gasteiger charge is -2.34. The summed E-state index contributed by atoms with van der Waals surface area (Å²) in [5.41, 5.74) is 1.98. The molecule has 1 aromatic heterocycles. The normalized spacial score (nSPS) is 18.1. The summed E-state index contributed by atoms with van der Waals surface area (Å²) >= 11 is 5.43. The van der Waals surface area contributed by atoms with E-state index in [0.717, 1.165) is 35.1 Å². The Labute approximate surface area is 170 Å². The molecule has 1 aromatic carbocycles. The summed E-state index contributed by atoms with van der Waals surface area (Å²) in [6.45, 7) is 6.11. The first-order valence-corrected chi connectivity index (χ1v) is 10.0. The van der Waals surface area contributed by atoms with Crippen LogP contribution in [0.3, 0.4) is 0 Å². The first kappa shape index (κ1) is 18.7. The summed E-state index contributed by atoms with van der Waals surface area (Å²) < 4.78 is 10.7. The molecule has 2 aliphatic rings. The molecule has 1 fully saturated rings. The van der Waals surface area contributed by atoms with Crippen LogP contribution in [-0.4, -0.2) is 34.5 Å². The maximum absolute atomic E-state index is 5.43. The lowest BCUT2D eigenvalue weighted by molar-refractivity contribution is 0.174. The minimum Gasteiger partial charge on any atom is -0.454 e. The molecule has 8 heteroatoms. The van der Waals surface area contributed by atoms with E-state index in [2.05, 4.69) is 32.4 Å². The van der Waals surface area contributed by atoms with E-state index in [1.807, 2.05) is 31.2 Å². The second kappa shape index (κ2) is 8.18. The number of nitrogens with one attached hydrogen (secondary N) is 2. The van der Waals surface area contributed by atoms with Gasteiger partial charge in [-0.25, -0.2) is 4.98 Å². The highest BCUT2D eigenvalue weighted by molar-refractivity contribution is 7.80. The molecule has 1 saturated heterocycles. The number of hydrogen-bond acceptors (Lipinski definition) is 6. The number of hydrogen-bond donors (Lipinski definition) is 2. The molecular weight excluding hydrogens is 374 g/mol. The fraction of sp³-hybridized carbons (Fsp3) is 0.450. The fourth-order valence-electron chi connectivity index (χ4n) is 3.57. The number of anilines is 2. The number of ether oxygens (including phenoxy) is 2. The number of piperidine rings is 1. The van der Waals surface area contributed by atoms with Gasteiger partial charge in [0.15, 0.2) is 16.6 Å². The average Bonchev–Trinajstić information content (AvgIpc) is 3.14. The van der Waals surface area contributed by atoms with Gasteiger partial charge in [-0.3, -0.25) is 0 Å². The lowest BCUT2D eigenvalue weighted by Crippen LogP contribution is -2.38. The highest BCUT2D eigenvalue weighted by atomic mass is 32.1. The van der Waals surface area contributed by atoms with Crippen molar-refractivity contribution in [1.29, 1.82) is 0 Å². The van der Waals surface area contributed by atoms with Gasteiger partial charge in [-0.05, 0) is 63.0 Å². The maximum atomic E-state index is 5.43. The Morgan fingerprint density at radius 3 is 2.93 bits per heavy atom. The second-order valence-corrected chi connectivity index (χ2v) is 7.63. The van der Waals surface area contributed by atoms with Crippen LogP contribution in [0.25, 0.3) is 0 Å². The van der Waals surface area contributed by atoms with Crippen LogP contribution in [0, 0.1) is 6.92 Å². The number of fused-ring (bicyclic) bond motifs is 1. The van der Waals surface area contributed by atoms with Gasteiger partial charge in [-0.15, -0.1) is 0 Å². The molecule has 2 N–H and O–H groups in total. The summed E-state index contributed by atoms with van der Waals surface area (Å²) in [6, 6.07) is 8.38. The van der Waals surface area contributed by atoms with Crippen LogP contribution in [0.2, 0.25) is 0 Å². The van der Waals surface area contributed by atoms with Gasteiger partial charge in [0.2, 0.25) is 12.7 Å². The quantitative estimate of drug-likeness (QED) is 0.759. The van der Waals surface area contributed by atoms with E-state index in [-0.39, 0.29) is 6.79 Å². The number of nitrogens with zero attached hydrogens (tertiary/aromatic N) is 3. The van der Waals surface area contributed by atoms with Gasteiger partial charge in [-0.1, -0.05) is 6.07 Å². The SMILES string of the molecule is Cc1cc(N2CCCCC2C)nc(NC(=S)NCc2ccc3c(c2)OCO3)n1. The molecule has 2 aliphatic heterocycles. The van der Waals surface area contributed by atoms with Crippen LogP contribution in [0.1, 0.15) is 37.4 Å². The zero-order valence-electron chi connectivity index (χ0n) is 16.2. The van der Waals surface area contributed by atoms with Crippen LogP contribution < -0.4 is 25.0 Å². The predicted molar refractivity (Wildman–Crippen MR) is 113 cm³/mol.